The summed E-state index contributed by atoms with van der Waals surface area (Å²) in [6, 6.07) is 2.37. The van der Waals surface area contributed by atoms with Crippen LogP contribution < -0.4 is 10.6 Å². The van der Waals surface area contributed by atoms with Crippen LogP contribution in [-0.2, 0) is 14.3 Å². The van der Waals surface area contributed by atoms with Crippen LogP contribution in [0.15, 0.2) is 28.1 Å². The quantitative estimate of drug-likeness (QED) is 0.532. The molecule has 154 valence electrons. The number of hydrogen-bond acceptors (Lipinski definition) is 9. The molecule has 1 unspecified atom stereocenters. The van der Waals surface area contributed by atoms with Crippen molar-refractivity contribution in [3.63, 3.8) is 0 Å². The van der Waals surface area contributed by atoms with Crippen molar-refractivity contribution >= 4 is 58.2 Å². The molecule has 1 saturated carbocycles. The highest BCUT2D eigenvalue weighted by Crippen LogP contribution is 2.44. The number of thioether (sulfide) groups is 2. The summed E-state index contributed by atoms with van der Waals surface area (Å²) in [4.78, 5) is 40.9. The van der Waals surface area contributed by atoms with Gasteiger partial charge in [-0.3, -0.25) is 14.9 Å². The average molecular weight is 444 g/mol. The van der Waals surface area contributed by atoms with Crippen LogP contribution in [0.1, 0.15) is 35.8 Å². The van der Waals surface area contributed by atoms with Gasteiger partial charge in [-0.1, -0.05) is 6.08 Å². The van der Waals surface area contributed by atoms with Crippen molar-refractivity contribution in [2.45, 2.75) is 30.6 Å². The number of nitrogens with zero attached hydrogens (tertiary/aromatic N) is 3. The van der Waals surface area contributed by atoms with E-state index >= 15 is 0 Å². The molecule has 2 aliphatic heterocycles. The largest absolute Gasteiger partial charge is 0.465 e. The van der Waals surface area contributed by atoms with Crippen LogP contribution in [0.3, 0.4) is 0 Å². The maximum Gasteiger partial charge on any atom is 0.344 e. The van der Waals surface area contributed by atoms with Gasteiger partial charge in [-0.15, -0.1) is 11.8 Å². The van der Waals surface area contributed by atoms with Crippen molar-refractivity contribution in [1.29, 1.82) is 0 Å². The maximum atomic E-state index is 11.9. The summed E-state index contributed by atoms with van der Waals surface area (Å²) in [5.41, 5.74) is 2.04. The number of hydrogen-bond donors (Lipinski definition) is 2. The second kappa shape index (κ2) is 7.47. The Hall–Kier alpha value is -2.79. The van der Waals surface area contributed by atoms with Crippen molar-refractivity contribution in [2.24, 2.45) is 0 Å². The summed E-state index contributed by atoms with van der Waals surface area (Å²) < 4.78 is 6.53. The fourth-order valence-corrected chi connectivity index (χ4v) is 5.03. The zero-order valence-electron chi connectivity index (χ0n) is 15.9. The summed E-state index contributed by atoms with van der Waals surface area (Å²) >= 11 is 2.29. The molecule has 2 amide bonds. The minimum atomic E-state index is -0.421. The molecule has 2 aromatic heterocycles. The molecule has 4 heterocycles. The van der Waals surface area contributed by atoms with Crippen molar-refractivity contribution < 1.29 is 19.1 Å². The first-order valence-electron chi connectivity index (χ1n) is 9.37. The van der Waals surface area contributed by atoms with E-state index in [0.29, 0.717) is 33.5 Å². The van der Waals surface area contributed by atoms with Gasteiger partial charge in [-0.2, -0.15) is 9.61 Å². The third kappa shape index (κ3) is 3.58. The molecule has 0 aromatic carbocycles. The predicted octanol–water partition coefficient (Wildman–Crippen LogP) is 2.86. The zero-order valence-corrected chi connectivity index (χ0v) is 17.5. The molecule has 5 rings (SSSR count). The first-order chi connectivity index (χ1) is 14.5. The molecule has 2 fully saturated rings. The fourth-order valence-electron chi connectivity index (χ4n) is 3.24. The number of amides is 2. The van der Waals surface area contributed by atoms with Crippen LogP contribution >= 0.6 is 23.5 Å². The number of imide groups is 1. The van der Waals surface area contributed by atoms with E-state index in [2.05, 4.69) is 15.7 Å². The maximum absolute atomic E-state index is 11.9. The highest BCUT2D eigenvalue weighted by molar-refractivity contribution is 8.18. The van der Waals surface area contributed by atoms with Crippen LogP contribution in [-0.4, -0.2) is 44.9 Å². The molecule has 1 aliphatic carbocycles. The van der Waals surface area contributed by atoms with E-state index in [-0.39, 0.29) is 11.2 Å². The summed E-state index contributed by atoms with van der Waals surface area (Å²) in [6.07, 6.45) is 7.99. The van der Waals surface area contributed by atoms with E-state index < -0.39 is 11.1 Å². The molecule has 2 N–H and O–H groups in total. The first kappa shape index (κ1) is 19.2. The van der Waals surface area contributed by atoms with Gasteiger partial charge in [0, 0.05) is 17.7 Å². The lowest BCUT2D eigenvalue weighted by atomic mass is 10.2. The van der Waals surface area contributed by atoms with Crippen molar-refractivity contribution in [3.05, 3.63) is 39.4 Å². The Morgan fingerprint density at radius 3 is 2.93 bits per heavy atom. The monoisotopic (exact) mass is 443 g/mol. The number of anilines is 1. The molecule has 9 nitrogen and oxygen atoms in total. The summed E-state index contributed by atoms with van der Waals surface area (Å²) in [7, 11) is 1.37. The molecule has 3 aliphatic rings. The molecule has 1 saturated heterocycles. The van der Waals surface area contributed by atoms with Gasteiger partial charge in [0.15, 0.2) is 5.65 Å². The number of aromatic nitrogens is 3. The number of rotatable bonds is 5. The topological polar surface area (TPSA) is 115 Å². The third-order valence-electron chi connectivity index (χ3n) is 4.88. The van der Waals surface area contributed by atoms with Gasteiger partial charge >= 0.3 is 5.97 Å². The number of carbonyl (C=O) groups is 3. The Labute approximate surface area is 179 Å². The van der Waals surface area contributed by atoms with E-state index in [1.807, 2.05) is 12.1 Å². The van der Waals surface area contributed by atoms with Crippen molar-refractivity contribution in [3.8, 4) is 0 Å². The summed E-state index contributed by atoms with van der Waals surface area (Å²) in [5, 5.41) is 9.75. The van der Waals surface area contributed by atoms with E-state index in [1.54, 1.807) is 16.8 Å². The minimum Gasteiger partial charge on any atom is -0.465 e. The Morgan fingerprint density at radius 2 is 2.23 bits per heavy atom. The number of nitrogens with one attached hydrogen (secondary N) is 2. The molecule has 30 heavy (non-hydrogen) atoms. The lowest BCUT2D eigenvalue weighted by Gasteiger charge is -2.14. The first-order valence-corrected chi connectivity index (χ1v) is 11.1. The summed E-state index contributed by atoms with van der Waals surface area (Å²) in [6.45, 7) is 0. The summed E-state index contributed by atoms with van der Waals surface area (Å²) in [5.74, 6) is 0.0487. The number of carbonyl (C=O) groups excluding carboxylic acids is 3. The highest BCUT2D eigenvalue weighted by Gasteiger charge is 2.29. The van der Waals surface area contributed by atoms with Crippen molar-refractivity contribution in [2.75, 3.05) is 12.4 Å². The second-order valence-electron chi connectivity index (χ2n) is 7.07. The molecular formula is C19H17N5O4S2. The van der Waals surface area contributed by atoms with Gasteiger partial charge < -0.3 is 10.1 Å². The number of fused-ring (bicyclic) bond motifs is 1. The van der Waals surface area contributed by atoms with E-state index in [1.165, 1.54) is 18.9 Å². The highest BCUT2D eigenvalue weighted by atomic mass is 32.2. The molecule has 0 bridgehead atoms. The molecule has 1 atom stereocenters. The van der Waals surface area contributed by atoms with Gasteiger partial charge in [0.05, 0.1) is 34.1 Å². The van der Waals surface area contributed by atoms with Gasteiger partial charge in [-0.25, -0.2) is 9.78 Å². The Bertz CT molecular complexity index is 1150. The van der Waals surface area contributed by atoms with Crippen molar-refractivity contribution in [1.82, 2.24) is 19.9 Å². The van der Waals surface area contributed by atoms with E-state index in [4.69, 9.17) is 9.72 Å². The Balaban J connectivity index is 1.53. The number of methoxy groups -OCH3 is 1. The van der Waals surface area contributed by atoms with Crippen LogP contribution in [0.5, 0.6) is 0 Å². The number of allylic oxidation sites excluding steroid dienone is 1. The molecule has 0 radical (unpaired) electrons. The minimum absolute atomic E-state index is 0.0232. The lowest BCUT2D eigenvalue weighted by Crippen LogP contribution is -2.17. The second-order valence-corrected chi connectivity index (χ2v) is 9.33. The Morgan fingerprint density at radius 1 is 1.40 bits per heavy atom. The van der Waals surface area contributed by atoms with Crippen LogP contribution in [0, 0.1) is 0 Å². The van der Waals surface area contributed by atoms with Gasteiger partial charge in [0.1, 0.15) is 5.82 Å². The molecule has 11 heteroatoms. The molecule has 0 spiro atoms. The lowest BCUT2D eigenvalue weighted by molar-refractivity contribution is -0.135. The smallest absolute Gasteiger partial charge is 0.344 e. The van der Waals surface area contributed by atoms with E-state index in [0.717, 1.165) is 36.1 Å². The predicted molar refractivity (Wildman–Crippen MR) is 114 cm³/mol. The van der Waals surface area contributed by atoms with Gasteiger partial charge in [0.25, 0.3) is 11.1 Å². The van der Waals surface area contributed by atoms with Crippen LogP contribution in [0.25, 0.3) is 11.7 Å². The number of ether oxygens (including phenoxy) is 1. The number of esters is 1. The molecule has 2 aromatic rings. The van der Waals surface area contributed by atoms with Crippen LogP contribution in [0.2, 0.25) is 0 Å². The van der Waals surface area contributed by atoms with E-state index in [9.17, 15) is 14.4 Å². The van der Waals surface area contributed by atoms with Gasteiger partial charge in [0.2, 0.25) is 0 Å². The third-order valence-corrected chi connectivity index (χ3v) is 7.00. The van der Waals surface area contributed by atoms with Gasteiger partial charge in [-0.05, 0) is 37.1 Å². The SMILES string of the molecule is COC(=O)C1=CCC(c2cc(NC3CC3)n3ncc(/C=C4\SC(=O)NC4=O)c3n2)S1. The van der Waals surface area contributed by atoms with Crippen LogP contribution in [0.4, 0.5) is 10.6 Å². The standard InChI is InChI=1S/C19H17N5O4S2/c1-28-18(26)13-5-4-12(29-13)11-7-15(21-10-2-3-10)24-16(22-11)9(8-20-24)6-14-17(25)23-19(27)30-14/h5-8,10,12,21H,2-4H2,1H3,(H,23,25,27)/b14-6-. The fraction of sp³-hybridized carbons (Fsp3) is 0.316. The zero-order chi connectivity index (χ0) is 20.8. The normalized spacial score (nSPS) is 22.5. The molecular weight excluding hydrogens is 426 g/mol. The Kier molecular flexibility index (Phi) is 4.78. The average Bonchev–Trinajstić information content (AvgIpc) is 3.12.